The van der Waals surface area contributed by atoms with Crippen LogP contribution in [-0.4, -0.2) is 70.5 Å². The molecule has 1 fully saturated rings. The zero-order valence-corrected chi connectivity index (χ0v) is 29.7. The molecule has 0 bridgehead atoms. The van der Waals surface area contributed by atoms with E-state index in [0.29, 0.717) is 47.5 Å². The van der Waals surface area contributed by atoms with Crippen LogP contribution in [0.4, 0.5) is 16.6 Å². The lowest BCUT2D eigenvalue weighted by atomic mass is 9.89. The Morgan fingerprint density at radius 3 is 2.66 bits per heavy atom. The molecule has 1 saturated carbocycles. The summed E-state index contributed by atoms with van der Waals surface area (Å²) in [5.74, 6) is -0.128. The van der Waals surface area contributed by atoms with Crippen molar-refractivity contribution < 1.29 is 14.7 Å². The fourth-order valence-corrected chi connectivity index (χ4v) is 8.14. The third-order valence-corrected chi connectivity index (χ3v) is 11.1. The number of nitrogens with one attached hydrogen (secondary N) is 2. The smallest absolute Gasteiger partial charge is 0.355 e. The molecule has 5 aromatic rings. The minimum Gasteiger partial charge on any atom is -0.476 e. The number of carboxylic acid groups (broad SMARTS) is 1. The van der Waals surface area contributed by atoms with Crippen molar-refractivity contribution in [2.24, 2.45) is 5.92 Å². The molecule has 2 aliphatic rings. The second-order valence-corrected chi connectivity index (χ2v) is 14.5. The molecule has 11 nitrogen and oxygen atoms in total. The molecule has 0 atom stereocenters. The molecule has 0 unspecified atom stereocenters. The molecule has 1 aliphatic carbocycles. The highest BCUT2D eigenvalue weighted by Gasteiger charge is 2.27. The minimum atomic E-state index is -1.08. The van der Waals surface area contributed by atoms with Gasteiger partial charge in [0.15, 0.2) is 10.8 Å². The van der Waals surface area contributed by atoms with Gasteiger partial charge in [-0.25, -0.2) is 14.8 Å². The molecule has 7 rings (SSSR count). The SMILES string of the molecule is CNCCN(C)c1cc2c(c(C(=O)Nc3nc4ccccc4s3)c1)CN(c1ccc(-c3cnn(CC4CCCCC4)c3C)c(C(=O)O)n1)CC2. The number of likely N-dealkylation sites (N-methyl/N-ethyl adjacent to an activating group) is 2. The standard InChI is InChI=1S/C38H44N8O3S/c1-24-30(21-40-46(24)22-25-9-5-4-6-10-25)28-13-14-34(42-35(28)37(48)49)45-17-15-26-19-27(44(3)18-16-39-2)20-29(31(26)23-45)36(47)43-38-41-32-11-7-8-12-33(32)50-38/h7-8,11-14,19-21,25,39H,4-6,9-10,15-18,22-23H2,1-3H3,(H,48,49)(H,41,43,47). The van der Waals surface area contributed by atoms with Crippen LogP contribution in [0.25, 0.3) is 21.3 Å². The Hall–Kier alpha value is -4.81. The number of carboxylic acids is 1. The van der Waals surface area contributed by atoms with E-state index in [1.165, 1.54) is 43.4 Å². The van der Waals surface area contributed by atoms with Crippen molar-refractivity contribution >= 4 is 50.1 Å². The number of para-hydroxylation sites is 1. The number of hydrogen-bond acceptors (Lipinski definition) is 9. The third kappa shape index (κ3) is 6.95. The quantitative estimate of drug-likeness (QED) is 0.140. The van der Waals surface area contributed by atoms with E-state index < -0.39 is 5.97 Å². The summed E-state index contributed by atoms with van der Waals surface area (Å²) in [4.78, 5) is 40.2. The van der Waals surface area contributed by atoms with Crippen LogP contribution in [0.3, 0.4) is 0 Å². The summed E-state index contributed by atoms with van der Waals surface area (Å²) in [6.45, 7) is 5.52. The lowest BCUT2D eigenvalue weighted by Crippen LogP contribution is -2.34. The maximum atomic E-state index is 14.0. The lowest BCUT2D eigenvalue weighted by molar-refractivity contribution is 0.0691. The molecule has 3 aromatic heterocycles. The molecule has 0 saturated heterocycles. The molecule has 260 valence electrons. The summed E-state index contributed by atoms with van der Waals surface area (Å²) in [6.07, 6.45) is 8.71. The average Bonchev–Trinajstić information content (AvgIpc) is 3.71. The Morgan fingerprint density at radius 2 is 1.88 bits per heavy atom. The number of fused-ring (bicyclic) bond motifs is 2. The van der Waals surface area contributed by atoms with Crippen LogP contribution in [0.15, 0.2) is 54.7 Å². The molecule has 2 aromatic carbocycles. The van der Waals surface area contributed by atoms with Crippen molar-refractivity contribution in [2.45, 2.75) is 58.5 Å². The summed E-state index contributed by atoms with van der Waals surface area (Å²) >= 11 is 1.45. The summed E-state index contributed by atoms with van der Waals surface area (Å²) < 4.78 is 3.03. The zero-order valence-electron chi connectivity index (χ0n) is 28.9. The molecular weight excluding hydrogens is 649 g/mol. The summed E-state index contributed by atoms with van der Waals surface area (Å²) in [6, 6.07) is 15.7. The van der Waals surface area contributed by atoms with E-state index in [1.807, 2.05) is 68.2 Å². The van der Waals surface area contributed by atoms with E-state index in [9.17, 15) is 14.7 Å². The maximum absolute atomic E-state index is 14.0. The molecule has 0 radical (unpaired) electrons. The molecule has 0 spiro atoms. The van der Waals surface area contributed by atoms with Gasteiger partial charge < -0.3 is 20.2 Å². The first-order chi connectivity index (χ1) is 24.3. The van der Waals surface area contributed by atoms with E-state index in [0.717, 1.165) is 57.9 Å². The number of benzene rings is 2. The van der Waals surface area contributed by atoms with Crippen LogP contribution in [-0.2, 0) is 19.5 Å². The first-order valence-electron chi connectivity index (χ1n) is 17.5. The second-order valence-electron chi connectivity index (χ2n) is 13.5. The van der Waals surface area contributed by atoms with Gasteiger partial charge in [0.05, 0.1) is 16.4 Å². The van der Waals surface area contributed by atoms with Gasteiger partial charge in [0, 0.05) is 67.8 Å². The molecule has 4 heterocycles. The number of pyridine rings is 1. The van der Waals surface area contributed by atoms with Crippen LogP contribution in [0.2, 0.25) is 0 Å². The minimum absolute atomic E-state index is 0.00363. The summed E-state index contributed by atoms with van der Waals surface area (Å²) in [5, 5.41) is 21.8. The van der Waals surface area contributed by atoms with E-state index in [2.05, 4.69) is 36.6 Å². The van der Waals surface area contributed by atoms with Crippen LogP contribution in [0.5, 0.6) is 0 Å². The number of nitrogens with zero attached hydrogens (tertiary/aromatic N) is 6. The Morgan fingerprint density at radius 1 is 1.06 bits per heavy atom. The molecule has 12 heteroatoms. The fraction of sp³-hybridized carbons (Fsp3) is 0.395. The lowest BCUT2D eigenvalue weighted by Gasteiger charge is -2.32. The normalized spacial score (nSPS) is 14.9. The van der Waals surface area contributed by atoms with Gasteiger partial charge in [-0.2, -0.15) is 5.10 Å². The highest BCUT2D eigenvalue weighted by molar-refractivity contribution is 7.22. The predicted molar refractivity (Wildman–Crippen MR) is 200 cm³/mol. The van der Waals surface area contributed by atoms with E-state index in [4.69, 9.17) is 4.98 Å². The monoisotopic (exact) mass is 692 g/mol. The van der Waals surface area contributed by atoms with Crippen molar-refractivity contribution in [3.63, 3.8) is 0 Å². The van der Waals surface area contributed by atoms with Crippen molar-refractivity contribution in [1.29, 1.82) is 0 Å². The highest BCUT2D eigenvalue weighted by atomic mass is 32.1. The number of anilines is 3. The maximum Gasteiger partial charge on any atom is 0.355 e. The van der Waals surface area contributed by atoms with Crippen molar-refractivity contribution in [2.75, 3.05) is 48.8 Å². The Balaban J connectivity index is 1.18. The summed E-state index contributed by atoms with van der Waals surface area (Å²) in [5.41, 5.74) is 6.72. The van der Waals surface area contributed by atoms with E-state index in [1.54, 1.807) is 6.20 Å². The number of aromatic nitrogens is 4. The van der Waals surface area contributed by atoms with Gasteiger partial charge in [0.25, 0.3) is 5.91 Å². The molecular formula is C38H44N8O3S. The second kappa shape index (κ2) is 14.6. The average molecular weight is 693 g/mol. The van der Waals surface area contributed by atoms with Crippen LogP contribution in [0.1, 0.15) is 69.8 Å². The van der Waals surface area contributed by atoms with E-state index in [-0.39, 0.29) is 11.6 Å². The number of rotatable bonds is 11. The number of aromatic carboxylic acids is 1. The Kier molecular flexibility index (Phi) is 9.82. The van der Waals surface area contributed by atoms with Gasteiger partial charge in [-0.1, -0.05) is 42.7 Å². The Labute approximate surface area is 296 Å². The van der Waals surface area contributed by atoms with Gasteiger partial charge in [0.1, 0.15) is 5.82 Å². The topological polar surface area (TPSA) is 129 Å². The predicted octanol–water partition coefficient (Wildman–Crippen LogP) is 6.61. The fourth-order valence-electron chi connectivity index (χ4n) is 7.28. The number of hydrogen-bond donors (Lipinski definition) is 3. The summed E-state index contributed by atoms with van der Waals surface area (Å²) in [7, 11) is 3.96. The van der Waals surface area contributed by atoms with Gasteiger partial charge >= 0.3 is 5.97 Å². The molecule has 1 amide bonds. The molecule has 1 aliphatic heterocycles. The number of thiazole rings is 1. The highest BCUT2D eigenvalue weighted by Crippen LogP contribution is 2.34. The van der Waals surface area contributed by atoms with Gasteiger partial charge in [-0.05, 0) is 86.7 Å². The number of carbonyl (C=O) groups excluding carboxylic acids is 1. The van der Waals surface area contributed by atoms with Crippen molar-refractivity contribution in [3.8, 4) is 11.1 Å². The van der Waals surface area contributed by atoms with Crippen LogP contribution < -0.4 is 20.4 Å². The van der Waals surface area contributed by atoms with Gasteiger partial charge in [-0.3, -0.25) is 14.8 Å². The molecule has 3 N–H and O–H groups in total. The third-order valence-electron chi connectivity index (χ3n) is 10.2. The molecule has 50 heavy (non-hydrogen) atoms. The van der Waals surface area contributed by atoms with Crippen molar-refractivity contribution in [3.05, 3.63) is 82.8 Å². The Bertz CT molecular complexity index is 2000. The van der Waals surface area contributed by atoms with E-state index >= 15 is 0 Å². The number of carbonyl (C=O) groups is 2. The van der Waals surface area contributed by atoms with Crippen molar-refractivity contribution in [1.82, 2.24) is 25.1 Å². The first kappa shape index (κ1) is 33.7. The number of amides is 1. The largest absolute Gasteiger partial charge is 0.476 e. The first-order valence-corrected chi connectivity index (χ1v) is 18.3. The van der Waals surface area contributed by atoms with Gasteiger partial charge in [-0.15, -0.1) is 0 Å². The zero-order chi connectivity index (χ0) is 34.8. The van der Waals surface area contributed by atoms with Gasteiger partial charge in [0.2, 0.25) is 0 Å². The van der Waals surface area contributed by atoms with Crippen LogP contribution >= 0.6 is 11.3 Å². The van der Waals surface area contributed by atoms with Crippen LogP contribution in [0, 0.1) is 12.8 Å².